The summed E-state index contributed by atoms with van der Waals surface area (Å²) < 4.78 is 1.83. The second-order valence-corrected chi connectivity index (χ2v) is 4.13. The smallest absolute Gasteiger partial charge is 0.213 e. The second kappa shape index (κ2) is 5.24. The molecule has 3 aromatic rings. The third-order valence-corrected chi connectivity index (χ3v) is 2.79. The van der Waals surface area contributed by atoms with E-state index in [0.29, 0.717) is 17.3 Å². The number of nitriles is 1. The van der Waals surface area contributed by atoms with Gasteiger partial charge in [-0.1, -0.05) is 18.2 Å². The first-order chi connectivity index (χ1) is 9.86. The van der Waals surface area contributed by atoms with E-state index in [0.717, 1.165) is 5.69 Å². The van der Waals surface area contributed by atoms with Crippen LogP contribution < -0.4 is 5.32 Å². The molecule has 0 spiro atoms. The predicted molar refractivity (Wildman–Crippen MR) is 75.8 cm³/mol. The molecule has 5 nitrogen and oxygen atoms in total. The van der Waals surface area contributed by atoms with Gasteiger partial charge in [0.25, 0.3) is 0 Å². The predicted octanol–water partition coefficient (Wildman–Crippen LogP) is 2.88. The summed E-state index contributed by atoms with van der Waals surface area (Å²) >= 11 is 0. The minimum Gasteiger partial charge on any atom is -0.325 e. The van der Waals surface area contributed by atoms with Crippen molar-refractivity contribution < 1.29 is 0 Å². The van der Waals surface area contributed by atoms with Crippen molar-refractivity contribution in [3.05, 3.63) is 66.6 Å². The van der Waals surface area contributed by atoms with E-state index in [9.17, 15) is 0 Å². The van der Waals surface area contributed by atoms with E-state index in [-0.39, 0.29) is 0 Å². The zero-order chi connectivity index (χ0) is 13.8. The molecule has 0 unspecified atom stereocenters. The topological polar surface area (TPSA) is 66.5 Å². The zero-order valence-corrected chi connectivity index (χ0v) is 10.6. The van der Waals surface area contributed by atoms with Gasteiger partial charge in [-0.25, -0.2) is 9.97 Å². The van der Waals surface area contributed by atoms with Crippen molar-refractivity contribution in [2.24, 2.45) is 0 Å². The molecule has 2 aromatic heterocycles. The van der Waals surface area contributed by atoms with Gasteiger partial charge >= 0.3 is 0 Å². The first-order valence-electron chi connectivity index (χ1n) is 6.09. The number of para-hydroxylation sites is 1. The number of anilines is 2. The van der Waals surface area contributed by atoms with E-state index in [4.69, 9.17) is 5.26 Å². The molecular weight excluding hydrogens is 250 g/mol. The first-order valence-corrected chi connectivity index (χ1v) is 6.09. The number of hydrogen-bond donors (Lipinski definition) is 1. The molecule has 0 fully saturated rings. The van der Waals surface area contributed by atoms with Gasteiger partial charge in [-0.05, 0) is 24.3 Å². The Balaban J connectivity index is 1.92. The highest BCUT2D eigenvalue weighted by molar-refractivity contribution is 5.55. The molecule has 0 atom stereocenters. The van der Waals surface area contributed by atoms with Crippen LogP contribution in [0.25, 0.3) is 5.82 Å². The van der Waals surface area contributed by atoms with Crippen LogP contribution in [0.3, 0.4) is 0 Å². The Labute approximate surface area is 116 Å². The van der Waals surface area contributed by atoms with Crippen LogP contribution in [0.5, 0.6) is 0 Å². The van der Waals surface area contributed by atoms with Crippen molar-refractivity contribution in [2.75, 3.05) is 5.32 Å². The van der Waals surface area contributed by atoms with Crippen LogP contribution in [0, 0.1) is 11.3 Å². The van der Waals surface area contributed by atoms with Crippen molar-refractivity contribution in [3.63, 3.8) is 0 Å². The molecule has 0 bridgehead atoms. The summed E-state index contributed by atoms with van der Waals surface area (Å²) in [7, 11) is 0. The van der Waals surface area contributed by atoms with Gasteiger partial charge in [0.15, 0.2) is 0 Å². The van der Waals surface area contributed by atoms with Crippen molar-refractivity contribution in [1.82, 2.24) is 14.5 Å². The molecule has 5 heteroatoms. The molecule has 0 saturated heterocycles. The van der Waals surface area contributed by atoms with Gasteiger partial charge in [0.1, 0.15) is 11.9 Å². The fourth-order valence-corrected chi connectivity index (χ4v) is 1.83. The maximum Gasteiger partial charge on any atom is 0.213 e. The third kappa shape index (κ3) is 2.35. The van der Waals surface area contributed by atoms with Crippen LogP contribution in [0.15, 0.2) is 61.1 Å². The van der Waals surface area contributed by atoms with Crippen molar-refractivity contribution in [1.29, 1.82) is 5.26 Å². The summed E-state index contributed by atoms with van der Waals surface area (Å²) in [5.41, 5.74) is 1.49. The molecule has 0 saturated carbocycles. The standard InChI is InChI=1S/C15H11N5/c16-10-12-6-7-14(18-11-12)20-9-8-17-15(20)19-13-4-2-1-3-5-13/h1-9,11H,(H,17,19). The number of nitrogens with zero attached hydrogens (tertiary/aromatic N) is 4. The van der Waals surface area contributed by atoms with Crippen LogP contribution in [0.4, 0.5) is 11.6 Å². The summed E-state index contributed by atoms with van der Waals surface area (Å²) in [6.45, 7) is 0. The maximum atomic E-state index is 8.79. The highest BCUT2D eigenvalue weighted by atomic mass is 15.2. The molecule has 2 heterocycles. The van der Waals surface area contributed by atoms with Crippen LogP contribution in [0.2, 0.25) is 0 Å². The van der Waals surface area contributed by atoms with Crippen molar-refractivity contribution >= 4 is 11.6 Å². The van der Waals surface area contributed by atoms with E-state index in [1.165, 1.54) is 0 Å². The van der Waals surface area contributed by atoms with E-state index < -0.39 is 0 Å². The van der Waals surface area contributed by atoms with Crippen LogP contribution in [-0.4, -0.2) is 14.5 Å². The lowest BCUT2D eigenvalue weighted by Crippen LogP contribution is -2.02. The largest absolute Gasteiger partial charge is 0.325 e. The molecule has 0 radical (unpaired) electrons. The molecular formula is C15H11N5. The Morgan fingerprint density at radius 1 is 1.05 bits per heavy atom. The van der Waals surface area contributed by atoms with E-state index >= 15 is 0 Å². The lowest BCUT2D eigenvalue weighted by atomic mass is 10.3. The number of nitrogens with one attached hydrogen (secondary N) is 1. The van der Waals surface area contributed by atoms with Gasteiger partial charge in [0.05, 0.1) is 5.56 Å². The summed E-state index contributed by atoms with van der Waals surface area (Å²) in [4.78, 5) is 8.53. The Hall–Kier alpha value is -3.13. The minimum absolute atomic E-state index is 0.534. The Bertz CT molecular complexity index is 738. The fraction of sp³-hybridized carbons (Fsp3) is 0. The van der Waals surface area contributed by atoms with Crippen LogP contribution >= 0.6 is 0 Å². The molecule has 1 N–H and O–H groups in total. The zero-order valence-electron chi connectivity index (χ0n) is 10.6. The molecule has 20 heavy (non-hydrogen) atoms. The van der Waals surface area contributed by atoms with E-state index in [1.807, 2.05) is 41.1 Å². The Morgan fingerprint density at radius 2 is 1.90 bits per heavy atom. The number of rotatable bonds is 3. The molecule has 0 amide bonds. The molecule has 3 rings (SSSR count). The number of hydrogen-bond acceptors (Lipinski definition) is 4. The molecule has 0 aliphatic heterocycles. The monoisotopic (exact) mass is 261 g/mol. The van der Waals surface area contributed by atoms with Crippen LogP contribution in [-0.2, 0) is 0 Å². The minimum atomic E-state index is 0.534. The quantitative estimate of drug-likeness (QED) is 0.787. The van der Waals surface area contributed by atoms with E-state index in [2.05, 4.69) is 21.4 Å². The normalized spacial score (nSPS) is 9.95. The fourth-order valence-electron chi connectivity index (χ4n) is 1.83. The van der Waals surface area contributed by atoms with Crippen molar-refractivity contribution in [2.45, 2.75) is 0 Å². The highest BCUT2D eigenvalue weighted by Crippen LogP contribution is 2.17. The number of benzene rings is 1. The number of pyridine rings is 1. The Kier molecular flexibility index (Phi) is 3.13. The molecule has 96 valence electrons. The summed E-state index contributed by atoms with van der Waals surface area (Å²) in [6, 6.07) is 15.4. The SMILES string of the molecule is N#Cc1ccc(-n2ccnc2Nc2ccccc2)nc1. The molecule has 0 aliphatic rings. The summed E-state index contributed by atoms with van der Waals surface area (Å²) in [5.74, 6) is 1.38. The summed E-state index contributed by atoms with van der Waals surface area (Å²) in [5, 5.41) is 12.0. The highest BCUT2D eigenvalue weighted by Gasteiger charge is 2.06. The van der Waals surface area contributed by atoms with Gasteiger partial charge in [0, 0.05) is 24.3 Å². The van der Waals surface area contributed by atoms with E-state index in [1.54, 1.807) is 24.5 Å². The van der Waals surface area contributed by atoms with Gasteiger partial charge in [-0.3, -0.25) is 4.57 Å². The summed E-state index contributed by atoms with van der Waals surface area (Å²) in [6.07, 6.45) is 5.06. The average Bonchev–Trinajstić information content (AvgIpc) is 2.96. The van der Waals surface area contributed by atoms with Crippen molar-refractivity contribution in [3.8, 4) is 11.9 Å². The van der Waals surface area contributed by atoms with Gasteiger partial charge in [0.2, 0.25) is 5.95 Å². The van der Waals surface area contributed by atoms with Gasteiger partial charge < -0.3 is 5.32 Å². The van der Waals surface area contributed by atoms with Gasteiger partial charge in [-0.2, -0.15) is 5.26 Å². The molecule has 1 aromatic carbocycles. The second-order valence-electron chi connectivity index (χ2n) is 4.13. The number of imidazole rings is 1. The Morgan fingerprint density at radius 3 is 2.60 bits per heavy atom. The first kappa shape index (κ1) is 11.9. The number of aromatic nitrogens is 3. The average molecular weight is 261 g/mol. The lowest BCUT2D eigenvalue weighted by molar-refractivity contribution is 0.999. The lowest BCUT2D eigenvalue weighted by Gasteiger charge is -2.08. The van der Waals surface area contributed by atoms with Crippen LogP contribution in [0.1, 0.15) is 5.56 Å². The van der Waals surface area contributed by atoms with Gasteiger partial charge in [-0.15, -0.1) is 0 Å². The third-order valence-electron chi connectivity index (χ3n) is 2.79. The molecule has 0 aliphatic carbocycles. The maximum absolute atomic E-state index is 8.79.